The number of nitrogens with one attached hydrogen (secondary N) is 2. The maximum Gasteiger partial charge on any atom is 0.239 e. The molecule has 0 bridgehead atoms. The van der Waals surface area contributed by atoms with Gasteiger partial charge in [-0.3, -0.25) is 9.59 Å². The molecule has 1 saturated carbocycles. The summed E-state index contributed by atoms with van der Waals surface area (Å²) < 4.78 is 14.4. The van der Waals surface area contributed by atoms with Crippen LogP contribution in [0.15, 0.2) is 18.2 Å². The molecule has 4 nitrogen and oxygen atoms in total. The fourth-order valence-corrected chi connectivity index (χ4v) is 3.22. The third kappa shape index (κ3) is 3.77. The Kier molecular flexibility index (Phi) is 5.40. The number of carbonyl (C=O) groups excluding carboxylic acids is 2. The summed E-state index contributed by atoms with van der Waals surface area (Å²) in [4.78, 5) is 22.6. The molecule has 0 aliphatic heterocycles. The lowest BCUT2D eigenvalue weighted by atomic mass is 9.78. The summed E-state index contributed by atoms with van der Waals surface area (Å²) in [6.07, 6.45) is 3.61. The third-order valence-electron chi connectivity index (χ3n) is 4.21. The number of benzene rings is 1. The molecule has 1 aromatic carbocycles. The van der Waals surface area contributed by atoms with Gasteiger partial charge < -0.3 is 10.6 Å². The van der Waals surface area contributed by atoms with Crippen molar-refractivity contribution in [2.45, 2.75) is 38.0 Å². The largest absolute Gasteiger partial charge is 0.354 e. The van der Waals surface area contributed by atoms with Crippen molar-refractivity contribution in [2.75, 3.05) is 13.1 Å². The Hall–Kier alpha value is -1.62. The predicted octanol–water partition coefficient (Wildman–Crippen LogP) is 2.54. The third-order valence-corrected chi connectivity index (χ3v) is 4.50. The van der Waals surface area contributed by atoms with Crippen LogP contribution >= 0.6 is 11.6 Å². The van der Waals surface area contributed by atoms with E-state index in [0.29, 0.717) is 12.1 Å². The van der Waals surface area contributed by atoms with Gasteiger partial charge in [0.2, 0.25) is 11.8 Å². The lowest BCUT2D eigenvalue weighted by molar-refractivity contribution is -0.125. The first-order chi connectivity index (χ1) is 10.4. The molecule has 1 aromatic rings. The molecule has 0 radical (unpaired) electrons. The number of amides is 2. The normalized spacial score (nSPS) is 16.3. The van der Waals surface area contributed by atoms with E-state index < -0.39 is 11.2 Å². The fourth-order valence-electron chi connectivity index (χ4n) is 3.04. The van der Waals surface area contributed by atoms with Gasteiger partial charge in [-0.15, -0.1) is 0 Å². The molecule has 1 fully saturated rings. The summed E-state index contributed by atoms with van der Waals surface area (Å²) >= 11 is 5.89. The highest BCUT2D eigenvalue weighted by atomic mass is 35.5. The molecular weight excluding hydrogens is 307 g/mol. The SMILES string of the molecule is CC(=O)NCC(=O)NCC1(c2cccc(Cl)c2F)CCCC1. The molecule has 22 heavy (non-hydrogen) atoms. The molecule has 0 heterocycles. The average molecular weight is 327 g/mol. The predicted molar refractivity (Wildman–Crippen MR) is 83.2 cm³/mol. The van der Waals surface area contributed by atoms with Crippen LogP contribution in [0.2, 0.25) is 5.02 Å². The van der Waals surface area contributed by atoms with Crippen LogP contribution in [-0.2, 0) is 15.0 Å². The highest BCUT2D eigenvalue weighted by Crippen LogP contribution is 2.42. The smallest absolute Gasteiger partial charge is 0.239 e. The van der Waals surface area contributed by atoms with E-state index in [9.17, 15) is 14.0 Å². The van der Waals surface area contributed by atoms with Crippen molar-refractivity contribution in [3.8, 4) is 0 Å². The van der Waals surface area contributed by atoms with Gasteiger partial charge in [-0.05, 0) is 24.5 Å². The molecule has 0 unspecified atom stereocenters. The molecule has 0 spiro atoms. The Morgan fingerprint density at radius 1 is 1.27 bits per heavy atom. The first-order valence-electron chi connectivity index (χ1n) is 7.40. The van der Waals surface area contributed by atoms with Gasteiger partial charge in [0.1, 0.15) is 5.82 Å². The van der Waals surface area contributed by atoms with Crippen molar-refractivity contribution in [2.24, 2.45) is 0 Å². The lowest BCUT2D eigenvalue weighted by Gasteiger charge is -2.30. The molecule has 120 valence electrons. The second-order valence-electron chi connectivity index (χ2n) is 5.78. The fraction of sp³-hybridized carbons (Fsp3) is 0.500. The Balaban J connectivity index is 2.11. The molecular formula is C16H20ClFN2O2. The number of carbonyl (C=O) groups is 2. The number of hydrogen-bond donors (Lipinski definition) is 2. The van der Waals surface area contributed by atoms with Crippen LogP contribution in [-0.4, -0.2) is 24.9 Å². The van der Waals surface area contributed by atoms with Crippen LogP contribution in [0.3, 0.4) is 0 Å². The van der Waals surface area contributed by atoms with Crippen LogP contribution in [0.25, 0.3) is 0 Å². The molecule has 1 aliphatic carbocycles. The Morgan fingerprint density at radius 3 is 2.59 bits per heavy atom. The van der Waals surface area contributed by atoms with E-state index in [1.54, 1.807) is 12.1 Å². The van der Waals surface area contributed by atoms with Crippen molar-refractivity contribution < 1.29 is 14.0 Å². The minimum absolute atomic E-state index is 0.0660. The zero-order valence-electron chi connectivity index (χ0n) is 12.5. The van der Waals surface area contributed by atoms with E-state index in [1.165, 1.54) is 13.0 Å². The monoisotopic (exact) mass is 326 g/mol. The zero-order chi connectivity index (χ0) is 16.2. The number of hydrogen-bond acceptors (Lipinski definition) is 2. The summed E-state index contributed by atoms with van der Waals surface area (Å²) in [5, 5.41) is 5.35. The van der Waals surface area contributed by atoms with Gasteiger partial charge >= 0.3 is 0 Å². The first kappa shape index (κ1) is 16.7. The van der Waals surface area contributed by atoms with Crippen LogP contribution in [0, 0.1) is 5.82 Å². The highest BCUT2D eigenvalue weighted by molar-refractivity contribution is 6.30. The van der Waals surface area contributed by atoms with E-state index in [0.717, 1.165) is 25.7 Å². The molecule has 6 heteroatoms. The molecule has 2 amide bonds. The lowest BCUT2D eigenvalue weighted by Crippen LogP contribution is -2.43. The van der Waals surface area contributed by atoms with Gasteiger partial charge in [0.05, 0.1) is 11.6 Å². The van der Waals surface area contributed by atoms with E-state index in [1.807, 2.05) is 0 Å². The summed E-state index contributed by atoms with van der Waals surface area (Å²) in [5.74, 6) is -0.933. The Morgan fingerprint density at radius 2 is 1.95 bits per heavy atom. The highest BCUT2D eigenvalue weighted by Gasteiger charge is 2.38. The second-order valence-corrected chi connectivity index (χ2v) is 6.18. The minimum atomic E-state index is -0.416. The molecule has 2 rings (SSSR count). The van der Waals surface area contributed by atoms with Gasteiger partial charge in [-0.25, -0.2) is 4.39 Å². The van der Waals surface area contributed by atoms with Gasteiger partial charge in [-0.1, -0.05) is 36.6 Å². The molecule has 0 atom stereocenters. The van der Waals surface area contributed by atoms with E-state index in [2.05, 4.69) is 10.6 Å². The number of rotatable bonds is 5. The molecule has 0 saturated heterocycles. The summed E-state index contributed by atoms with van der Waals surface area (Å²) in [6, 6.07) is 5.00. The van der Waals surface area contributed by atoms with Crippen LogP contribution in [0.4, 0.5) is 4.39 Å². The average Bonchev–Trinajstić information content (AvgIpc) is 2.95. The molecule has 2 N–H and O–H groups in total. The van der Waals surface area contributed by atoms with Crippen LogP contribution in [0.1, 0.15) is 38.2 Å². The second kappa shape index (κ2) is 7.09. The van der Waals surface area contributed by atoms with Gasteiger partial charge in [0, 0.05) is 18.9 Å². The van der Waals surface area contributed by atoms with Crippen LogP contribution < -0.4 is 10.6 Å². The topological polar surface area (TPSA) is 58.2 Å². The van der Waals surface area contributed by atoms with Crippen molar-refractivity contribution in [1.29, 1.82) is 0 Å². The van der Waals surface area contributed by atoms with Gasteiger partial charge in [-0.2, -0.15) is 0 Å². The molecule has 1 aliphatic rings. The Labute approximate surface area is 134 Å². The summed E-state index contributed by atoms with van der Waals surface area (Å²) in [7, 11) is 0. The van der Waals surface area contributed by atoms with E-state index >= 15 is 0 Å². The van der Waals surface area contributed by atoms with Crippen molar-refractivity contribution in [3.63, 3.8) is 0 Å². The zero-order valence-corrected chi connectivity index (χ0v) is 13.3. The summed E-state index contributed by atoms with van der Waals surface area (Å²) in [5.41, 5.74) is 0.151. The van der Waals surface area contributed by atoms with Crippen molar-refractivity contribution in [1.82, 2.24) is 10.6 Å². The van der Waals surface area contributed by atoms with Crippen molar-refractivity contribution >= 4 is 23.4 Å². The van der Waals surface area contributed by atoms with Crippen LogP contribution in [0.5, 0.6) is 0 Å². The van der Waals surface area contributed by atoms with Gasteiger partial charge in [0.25, 0.3) is 0 Å². The first-order valence-corrected chi connectivity index (χ1v) is 7.78. The Bertz CT molecular complexity index is 571. The van der Waals surface area contributed by atoms with Gasteiger partial charge in [0.15, 0.2) is 0 Å². The molecule has 0 aromatic heterocycles. The van der Waals surface area contributed by atoms with Crippen molar-refractivity contribution in [3.05, 3.63) is 34.6 Å². The summed E-state index contributed by atoms with van der Waals surface area (Å²) in [6.45, 7) is 1.64. The quantitative estimate of drug-likeness (QED) is 0.873. The minimum Gasteiger partial charge on any atom is -0.354 e. The maximum atomic E-state index is 14.4. The van der Waals surface area contributed by atoms with E-state index in [4.69, 9.17) is 11.6 Å². The van der Waals surface area contributed by atoms with E-state index in [-0.39, 0.29) is 23.4 Å². The maximum absolute atomic E-state index is 14.4. The number of halogens is 2. The standard InChI is InChI=1S/C16H20ClFN2O2/c1-11(21)19-9-14(22)20-10-16(7-2-3-8-16)12-5-4-6-13(17)15(12)18/h4-6H,2-3,7-10H2,1H3,(H,19,21)(H,20,22).